The third-order valence-electron chi connectivity index (χ3n) is 2.66. The molecule has 22 heavy (non-hydrogen) atoms. The van der Waals surface area contributed by atoms with Crippen molar-refractivity contribution in [2.45, 2.75) is 0 Å². The van der Waals surface area contributed by atoms with E-state index in [2.05, 4.69) is 0 Å². The number of hydrogen-bond acceptors (Lipinski definition) is 8. The lowest BCUT2D eigenvalue weighted by atomic mass is 9.96. The van der Waals surface area contributed by atoms with Crippen molar-refractivity contribution in [2.24, 2.45) is 23.4 Å². The maximum atomic E-state index is 11.7. The second-order valence-electron chi connectivity index (χ2n) is 3.84. The van der Waals surface area contributed by atoms with Gasteiger partial charge in [0.25, 0.3) is 23.6 Å². The summed E-state index contributed by atoms with van der Waals surface area (Å²) in [6.07, 6.45) is 0. The molecule has 118 valence electrons. The SMILES string of the molecule is NNC(=O)c1cc(C(=O)NN)c(C(=O)NN)cc1C(=O)NN. The van der Waals surface area contributed by atoms with Gasteiger partial charge in [0.2, 0.25) is 0 Å². The first-order valence-corrected chi connectivity index (χ1v) is 5.63. The number of amides is 4. The van der Waals surface area contributed by atoms with Crippen LogP contribution in [0.15, 0.2) is 12.1 Å². The number of rotatable bonds is 4. The Labute approximate surface area is 123 Å². The van der Waals surface area contributed by atoms with Crippen LogP contribution in [0.3, 0.4) is 0 Å². The molecule has 12 N–H and O–H groups in total. The monoisotopic (exact) mass is 310 g/mol. The molecule has 4 amide bonds. The van der Waals surface area contributed by atoms with E-state index in [9.17, 15) is 19.2 Å². The fourth-order valence-electron chi connectivity index (χ4n) is 1.66. The molecule has 12 heteroatoms. The van der Waals surface area contributed by atoms with Gasteiger partial charge in [-0.05, 0) is 12.1 Å². The topological polar surface area (TPSA) is 220 Å². The quantitative estimate of drug-likeness (QED) is 0.155. The Bertz CT molecular complexity index is 538. The molecule has 0 aromatic heterocycles. The number of benzene rings is 1. The summed E-state index contributed by atoms with van der Waals surface area (Å²) in [6.45, 7) is 0. The van der Waals surface area contributed by atoms with Crippen molar-refractivity contribution >= 4 is 23.6 Å². The summed E-state index contributed by atoms with van der Waals surface area (Å²) in [6, 6.07) is 1.92. The van der Waals surface area contributed by atoms with Gasteiger partial charge in [0.1, 0.15) is 0 Å². The zero-order chi connectivity index (χ0) is 16.9. The van der Waals surface area contributed by atoms with Crippen molar-refractivity contribution in [3.05, 3.63) is 34.4 Å². The molecule has 0 radical (unpaired) electrons. The Kier molecular flexibility index (Phi) is 5.48. The van der Waals surface area contributed by atoms with Gasteiger partial charge in [0.05, 0.1) is 22.3 Å². The van der Waals surface area contributed by atoms with Crippen molar-refractivity contribution in [2.75, 3.05) is 0 Å². The number of nitrogens with two attached hydrogens (primary N) is 4. The van der Waals surface area contributed by atoms with Crippen LogP contribution in [0, 0.1) is 0 Å². The Morgan fingerprint density at radius 2 is 0.727 bits per heavy atom. The molecule has 0 aliphatic carbocycles. The summed E-state index contributed by atoms with van der Waals surface area (Å²) in [5.74, 6) is 16.5. The van der Waals surface area contributed by atoms with Gasteiger partial charge >= 0.3 is 0 Å². The van der Waals surface area contributed by atoms with Crippen LogP contribution in [-0.4, -0.2) is 23.6 Å². The van der Waals surface area contributed by atoms with Gasteiger partial charge in [0.15, 0.2) is 0 Å². The number of nitrogen functional groups attached to an aromatic ring is 4. The van der Waals surface area contributed by atoms with Gasteiger partial charge in [-0.1, -0.05) is 0 Å². The highest BCUT2D eigenvalue weighted by atomic mass is 16.2. The number of carbonyl (C=O) groups is 4. The standard InChI is InChI=1S/C10H14N8O4/c11-15-7(19)3-1-4(8(20)16-12)6(10(22)18-14)2-5(3)9(21)17-13/h1-2H,11-14H2,(H,15,19)(H,16,20)(H,17,21)(H,18,22). The molecule has 0 fully saturated rings. The smallest absolute Gasteiger partial charge is 0.266 e. The Morgan fingerprint density at radius 3 is 0.864 bits per heavy atom. The van der Waals surface area contributed by atoms with Crippen LogP contribution in [0.5, 0.6) is 0 Å². The maximum Gasteiger partial charge on any atom is 0.266 e. The number of nitrogens with one attached hydrogen (secondary N) is 4. The summed E-state index contributed by atoms with van der Waals surface area (Å²) in [5, 5.41) is 0. The molecular formula is C10H14N8O4. The summed E-state index contributed by atoms with van der Waals surface area (Å²) in [7, 11) is 0. The molecule has 1 rings (SSSR count). The van der Waals surface area contributed by atoms with Crippen molar-refractivity contribution in [1.82, 2.24) is 21.7 Å². The highest BCUT2D eigenvalue weighted by Gasteiger charge is 2.24. The first-order chi connectivity index (χ1) is 10.4. The number of hydrazine groups is 4. The molecule has 0 aliphatic rings. The van der Waals surface area contributed by atoms with Gasteiger partial charge in [0, 0.05) is 0 Å². The average Bonchev–Trinajstić information content (AvgIpc) is 2.57. The Morgan fingerprint density at radius 1 is 0.545 bits per heavy atom. The largest absolute Gasteiger partial charge is 0.290 e. The molecular weight excluding hydrogens is 296 g/mol. The van der Waals surface area contributed by atoms with Crippen molar-refractivity contribution < 1.29 is 19.2 Å². The molecule has 0 bridgehead atoms. The minimum absolute atomic E-state index is 0.294. The number of carbonyl (C=O) groups excluding carboxylic acids is 4. The Balaban J connectivity index is 3.70. The second kappa shape index (κ2) is 7.09. The summed E-state index contributed by atoms with van der Waals surface area (Å²) < 4.78 is 0. The van der Waals surface area contributed by atoms with E-state index in [0.29, 0.717) is 0 Å². The summed E-state index contributed by atoms with van der Waals surface area (Å²) in [5.41, 5.74) is 6.02. The first-order valence-electron chi connectivity index (χ1n) is 5.63. The molecule has 0 saturated heterocycles. The van der Waals surface area contributed by atoms with Crippen LogP contribution in [0.4, 0.5) is 0 Å². The van der Waals surface area contributed by atoms with Crippen LogP contribution >= 0.6 is 0 Å². The second-order valence-corrected chi connectivity index (χ2v) is 3.84. The highest BCUT2D eigenvalue weighted by Crippen LogP contribution is 2.18. The molecule has 1 aromatic rings. The molecule has 12 nitrogen and oxygen atoms in total. The minimum Gasteiger partial charge on any atom is -0.290 e. The normalized spacial score (nSPS) is 9.64. The van der Waals surface area contributed by atoms with E-state index in [1.165, 1.54) is 0 Å². The fraction of sp³-hybridized carbons (Fsp3) is 0. The van der Waals surface area contributed by atoms with Gasteiger partial charge in [-0.2, -0.15) is 0 Å². The highest BCUT2D eigenvalue weighted by molar-refractivity contribution is 6.13. The first kappa shape index (κ1) is 17.0. The Hall–Kier alpha value is -3.06. The zero-order valence-corrected chi connectivity index (χ0v) is 11.1. The van der Waals surface area contributed by atoms with E-state index in [0.717, 1.165) is 12.1 Å². The third-order valence-corrected chi connectivity index (χ3v) is 2.66. The fourth-order valence-corrected chi connectivity index (χ4v) is 1.66. The van der Waals surface area contributed by atoms with E-state index < -0.39 is 23.6 Å². The van der Waals surface area contributed by atoms with Crippen LogP contribution in [-0.2, 0) is 0 Å². The zero-order valence-electron chi connectivity index (χ0n) is 11.1. The molecule has 0 heterocycles. The lowest BCUT2D eigenvalue weighted by Gasteiger charge is -2.13. The third kappa shape index (κ3) is 3.15. The minimum atomic E-state index is -0.885. The summed E-state index contributed by atoms with van der Waals surface area (Å²) >= 11 is 0. The lowest BCUT2D eigenvalue weighted by Crippen LogP contribution is -2.38. The van der Waals surface area contributed by atoms with Crippen LogP contribution < -0.4 is 45.1 Å². The van der Waals surface area contributed by atoms with Crippen LogP contribution in [0.2, 0.25) is 0 Å². The average molecular weight is 310 g/mol. The van der Waals surface area contributed by atoms with Crippen LogP contribution in [0.1, 0.15) is 41.4 Å². The predicted molar refractivity (Wildman–Crippen MR) is 73.1 cm³/mol. The predicted octanol–water partition coefficient (Wildman–Crippen LogP) is -3.90. The van der Waals surface area contributed by atoms with E-state index in [1.807, 2.05) is 0 Å². The molecule has 0 saturated carbocycles. The van der Waals surface area contributed by atoms with Gasteiger partial charge in [-0.15, -0.1) is 0 Å². The molecule has 0 aliphatic heterocycles. The van der Waals surface area contributed by atoms with E-state index in [-0.39, 0.29) is 22.3 Å². The van der Waals surface area contributed by atoms with Gasteiger partial charge < -0.3 is 0 Å². The van der Waals surface area contributed by atoms with E-state index in [1.54, 1.807) is 21.7 Å². The van der Waals surface area contributed by atoms with E-state index >= 15 is 0 Å². The van der Waals surface area contributed by atoms with Crippen molar-refractivity contribution in [1.29, 1.82) is 0 Å². The lowest BCUT2D eigenvalue weighted by molar-refractivity contribution is 0.0908. The van der Waals surface area contributed by atoms with Gasteiger partial charge in [-0.3, -0.25) is 40.9 Å². The molecule has 0 spiro atoms. The number of hydrogen-bond donors (Lipinski definition) is 8. The maximum absolute atomic E-state index is 11.7. The van der Waals surface area contributed by atoms with Crippen molar-refractivity contribution in [3.63, 3.8) is 0 Å². The van der Waals surface area contributed by atoms with Crippen molar-refractivity contribution in [3.8, 4) is 0 Å². The molecule has 1 aromatic carbocycles. The molecule has 0 unspecified atom stereocenters. The summed E-state index contributed by atoms with van der Waals surface area (Å²) in [4.78, 5) is 46.9. The van der Waals surface area contributed by atoms with Gasteiger partial charge in [-0.25, -0.2) is 23.4 Å². The molecule has 0 atom stereocenters. The van der Waals surface area contributed by atoms with Crippen LogP contribution in [0.25, 0.3) is 0 Å². The van der Waals surface area contributed by atoms with E-state index in [4.69, 9.17) is 23.4 Å².